The van der Waals surface area contributed by atoms with Crippen LogP contribution in [0, 0.1) is 0 Å². The number of methoxy groups -OCH3 is 1. The zero-order valence-electron chi connectivity index (χ0n) is 11.8. The largest absolute Gasteiger partial charge is 0.479 e. The number of hydrogen-bond acceptors (Lipinski definition) is 3. The Kier molecular flexibility index (Phi) is 12.4. The molecule has 1 atom stereocenters. The first kappa shape index (κ1) is 17.4. The van der Waals surface area contributed by atoms with Crippen molar-refractivity contribution in [3.05, 3.63) is 0 Å². The van der Waals surface area contributed by atoms with Crippen LogP contribution >= 0.6 is 0 Å². The molecule has 1 N–H and O–H groups in total. The number of ether oxygens (including phenoxy) is 2. The summed E-state index contributed by atoms with van der Waals surface area (Å²) in [4.78, 5) is 10.6. The van der Waals surface area contributed by atoms with E-state index < -0.39 is 12.1 Å². The van der Waals surface area contributed by atoms with E-state index in [4.69, 9.17) is 14.6 Å². The summed E-state index contributed by atoms with van der Waals surface area (Å²) in [7, 11) is 1.39. The van der Waals surface area contributed by atoms with Crippen LogP contribution in [0.5, 0.6) is 0 Å². The van der Waals surface area contributed by atoms with E-state index in [1.54, 1.807) is 0 Å². The van der Waals surface area contributed by atoms with Gasteiger partial charge in [-0.15, -0.1) is 0 Å². The molecule has 18 heavy (non-hydrogen) atoms. The number of carboxylic acid groups (broad SMARTS) is 1. The summed E-state index contributed by atoms with van der Waals surface area (Å²) in [5.74, 6) is -0.964. The number of aliphatic carboxylic acids is 1. The van der Waals surface area contributed by atoms with Gasteiger partial charge in [0, 0.05) is 13.7 Å². The first-order chi connectivity index (χ1) is 8.72. The SMILES string of the molecule is CCCCCCCCCCOCC(OC)C(=O)O. The van der Waals surface area contributed by atoms with E-state index in [1.165, 1.54) is 45.6 Å². The van der Waals surface area contributed by atoms with Gasteiger partial charge in [-0.1, -0.05) is 51.9 Å². The van der Waals surface area contributed by atoms with Gasteiger partial charge in [-0.05, 0) is 6.42 Å². The van der Waals surface area contributed by atoms with Crippen LogP contribution in [0.2, 0.25) is 0 Å². The Hall–Kier alpha value is -0.610. The molecule has 108 valence electrons. The van der Waals surface area contributed by atoms with E-state index >= 15 is 0 Å². The van der Waals surface area contributed by atoms with E-state index in [0.717, 1.165) is 12.8 Å². The molecular weight excluding hydrogens is 232 g/mol. The summed E-state index contributed by atoms with van der Waals surface area (Å²) in [5.41, 5.74) is 0. The third kappa shape index (κ3) is 10.5. The Morgan fingerprint density at radius 2 is 1.61 bits per heavy atom. The second kappa shape index (κ2) is 12.8. The fourth-order valence-electron chi connectivity index (χ4n) is 1.77. The minimum Gasteiger partial charge on any atom is -0.479 e. The molecule has 1 unspecified atom stereocenters. The molecule has 0 bridgehead atoms. The van der Waals surface area contributed by atoms with Gasteiger partial charge < -0.3 is 14.6 Å². The van der Waals surface area contributed by atoms with Crippen molar-refractivity contribution in [1.82, 2.24) is 0 Å². The zero-order chi connectivity index (χ0) is 13.6. The molecular formula is C14H28O4. The van der Waals surface area contributed by atoms with Crippen LogP contribution in [0.15, 0.2) is 0 Å². The lowest BCUT2D eigenvalue weighted by atomic mass is 10.1. The topological polar surface area (TPSA) is 55.8 Å². The van der Waals surface area contributed by atoms with Gasteiger partial charge in [-0.25, -0.2) is 4.79 Å². The number of carboxylic acids is 1. The Morgan fingerprint density at radius 1 is 1.06 bits per heavy atom. The van der Waals surface area contributed by atoms with Crippen LogP contribution in [0.25, 0.3) is 0 Å². The fourth-order valence-corrected chi connectivity index (χ4v) is 1.77. The second-order valence-corrected chi connectivity index (χ2v) is 4.61. The smallest absolute Gasteiger partial charge is 0.335 e. The lowest BCUT2D eigenvalue weighted by Crippen LogP contribution is -2.28. The van der Waals surface area contributed by atoms with E-state index in [9.17, 15) is 4.79 Å². The number of hydrogen-bond donors (Lipinski definition) is 1. The molecule has 0 aromatic carbocycles. The van der Waals surface area contributed by atoms with Crippen LogP contribution in [-0.2, 0) is 14.3 Å². The Morgan fingerprint density at radius 3 is 2.11 bits per heavy atom. The van der Waals surface area contributed by atoms with Crippen LogP contribution in [0.1, 0.15) is 58.3 Å². The highest BCUT2D eigenvalue weighted by molar-refractivity contribution is 5.72. The third-order valence-corrected chi connectivity index (χ3v) is 2.97. The first-order valence-corrected chi connectivity index (χ1v) is 7.05. The first-order valence-electron chi connectivity index (χ1n) is 7.05. The van der Waals surface area contributed by atoms with Crippen molar-refractivity contribution in [2.75, 3.05) is 20.3 Å². The van der Waals surface area contributed by atoms with Gasteiger partial charge >= 0.3 is 5.97 Å². The van der Waals surface area contributed by atoms with Crippen LogP contribution in [-0.4, -0.2) is 37.5 Å². The molecule has 4 nitrogen and oxygen atoms in total. The van der Waals surface area contributed by atoms with E-state index in [0.29, 0.717) is 6.61 Å². The quantitative estimate of drug-likeness (QED) is 0.516. The lowest BCUT2D eigenvalue weighted by Gasteiger charge is -2.10. The molecule has 0 heterocycles. The standard InChI is InChI=1S/C14H28O4/c1-3-4-5-6-7-8-9-10-11-18-12-13(17-2)14(15)16/h13H,3-12H2,1-2H3,(H,15,16). The van der Waals surface area contributed by atoms with Gasteiger partial charge in [-0.3, -0.25) is 0 Å². The highest BCUT2D eigenvalue weighted by atomic mass is 16.5. The van der Waals surface area contributed by atoms with E-state index in [2.05, 4.69) is 6.92 Å². The van der Waals surface area contributed by atoms with E-state index in [1.807, 2.05) is 0 Å². The predicted octanol–water partition coefficient (Wildman–Crippen LogP) is 3.24. The molecule has 0 saturated heterocycles. The lowest BCUT2D eigenvalue weighted by molar-refractivity contribution is -0.152. The Labute approximate surface area is 111 Å². The highest BCUT2D eigenvalue weighted by Gasteiger charge is 2.15. The number of rotatable bonds is 13. The molecule has 0 aromatic heterocycles. The minimum atomic E-state index is -0.964. The normalized spacial score (nSPS) is 12.6. The summed E-state index contributed by atoms with van der Waals surface area (Å²) >= 11 is 0. The molecule has 0 radical (unpaired) electrons. The number of unbranched alkanes of at least 4 members (excludes halogenated alkanes) is 7. The van der Waals surface area contributed by atoms with Crippen molar-refractivity contribution < 1.29 is 19.4 Å². The zero-order valence-corrected chi connectivity index (χ0v) is 11.8. The van der Waals surface area contributed by atoms with Crippen molar-refractivity contribution in [1.29, 1.82) is 0 Å². The predicted molar refractivity (Wildman–Crippen MR) is 71.9 cm³/mol. The summed E-state index contributed by atoms with van der Waals surface area (Å²) < 4.78 is 10.1. The fraction of sp³-hybridized carbons (Fsp3) is 0.929. The van der Waals surface area contributed by atoms with Gasteiger partial charge in [0.15, 0.2) is 6.10 Å². The highest BCUT2D eigenvalue weighted by Crippen LogP contribution is 2.08. The maximum absolute atomic E-state index is 10.6. The molecule has 0 amide bonds. The molecule has 0 aliphatic rings. The van der Waals surface area contributed by atoms with Crippen molar-refractivity contribution in [2.24, 2.45) is 0 Å². The van der Waals surface area contributed by atoms with Crippen LogP contribution < -0.4 is 0 Å². The number of carbonyl (C=O) groups is 1. The van der Waals surface area contributed by atoms with Crippen molar-refractivity contribution in [2.45, 2.75) is 64.4 Å². The minimum absolute atomic E-state index is 0.141. The summed E-state index contributed by atoms with van der Waals surface area (Å²) in [6.07, 6.45) is 9.20. The average Bonchev–Trinajstić information content (AvgIpc) is 2.35. The molecule has 4 heteroatoms. The molecule has 0 aromatic rings. The summed E-state index contributed by atoms with van der Waals surface area (Å²) in [6.45, 7) is 2.99. The Bertz CT molecular complexity index is 194. The van der Waals surface area contributed by atoms with E-state index in [-0.39, 0.29) is 6.61 Å². The van der Waals surface area contributed by atoms with Gasteiger partial charge in [0.1, 0.15) is 0 Å². The van der Waals surface area contributed by atoms with Gasteiger partial charge in [0.25, 0.3) is 0 Å². The van der Waals surface area contributed by atoms with Gasteiger partial charge in [0.2, 0.25) is 0 Å². The monoisotopic (exact) mass is 260 g/mol. The van der Waals surface area contributed by atoms with Crippen LogP contribution in [0.4, 0.5) is 0 Å². The average molecular weight is 260 g/mol. The van der Waals surface area contributed by atoms with Crippen molar-refractivity contribution in [3.8, 4) is 0 Å². The molecule has 0 spiro atoms. The summed E-state index contributed by atoms with van der Waals surface area (Å²) in [5, 5.41) is 8.71. The summed E-state index contributed by atoms with van der Waals surface area (Å²) in [6, 6.07) is 0. The molecule has 0 fully saturated rings. The molecule has 0 saturated carbocycles. The molecule has 0 aliphatic heterocycles. The van der Waals surface area contributed by atoms with Crippen LogP contribution in [0.3, 0.4) is 0 Å². The van der Waals surface area contributed by atoms with Gasteiger partial charge in [-0.2, -0.15) is 0 Å². The second-order valence-electron chi connectivity index (χ2n) is 4.61. The molecule has 0 rings (SSSR count). The van der Waals surface area contributed by atoms with Crippen molar-refractivity contribution in [3.63, 3.8) is 0 Å². The van der Waals surface area contributed by atoms with Crippen molar-refractivity contribution >= 4 is 5.97 Å². The Balaban J connectivity index is 3.18. The third-order valence-electron chi connectivity index (χ3n) is 2.97. The van der Waals surface area contributed by atoms with Gasteiger partial charge in [0.05, 0.1) is 6.61 Å². The maximum Gasteiger partial charge on any atom is 0.335 e. The maximum atomic E-state index is 10.6. The molecule has 0 aliphatic carbocycles.